The number of ether oxygens (including phenoxy) is 3. The fraction of sp³-hybridized carbons (Fsp3) is 0.217. The number of aromatic nitrogens is 2. The van der Waals surface area contributed by atoms with Gasteiger partial charge in [-0.3, -0.25) is 5.10 Å². The maximum Gasteiger partial charge on any atom is 0.244 e. The summed E-state index contributed by atoms with van der Waals surface area (Å²) in [6, 6.07) is 17.5. The Kier molecular flexibility index (Phi) is 5.31. The zero-order chi connectivity index (χ0) is 21.1. The van der Waals surface area contributed by atoms with E-state index in [1.54, 1.807) is 7.11 Å². The van der Waals surface area contributed by atoms with E-state index in [-0.39, 0.29) is 5.88 Å². The molecule has 2 aromatic carbocycles. The lowest BCUT2D eigenvalue weighted by Crippen LogP contribution is -2.20. The molecule has 0 aliphatic carbocycles. The molecule has 7 heteroatoms. The van der Waals surface area contributed by atoms with Gasteiger partial charge in [0.2, 0.25) is 11.8 Å². The summed E-state index contributed by atoms with van der Waals surface area (Å²) in [6.45, 7) is 2.73. The van der Waals surface area contributed by atoms with Crippen LogP contribution in [0.15, 0.2) is 60.0 Å². The highest BCUT2D eigenvalue weighted by molar-refractivity contribution is 5.71. The number of allylic oxidation sites excluding steroid dienone is 1. The van der Waals surface area contributed by atoms with Crippen molar-refractivity contribution in [3.8, 4) is 34.7 Å². The number of nitrogens with one attached hydrogen (secondary N) is 1. The fourth-order valence-corrected chi connectivity index (χ4v) is 3.53. The number of nitrogens with two attached hydrogens (primary N) is 1. The van der Waals surface area contributed by atoms with E-state index in [1.807, 2.05) is 48.5 Å². The number of H-pyrrole nitrogens is 1. The number of rotatable bonds is 6. The predicted molar refractivity (Wildman–Crippen MR) is 112 cm³/mol. The van der Waals surface area contributed by atoms with Crippen LogP contribution < -0.4 is 19.9 Å². The van der Waals surface area contributed by atoms with Crippen LogP contribution in [0.3, 0.4) is 0 Å². The zero-order valence-electron chi connectivity index (χ0n) is 16.8. The molecule has 1 atom stereocenters. The van der Waals surface area contributed by atoms with Gasteiger partial charge in [0.1, 0.15) is 23.1 Å². The molecule has 0 spiro atoms. The van der Waals surface area contributed by atoms with Gasteiger partial charge < -0.3 is 19.9 Å². The Bertz CT molecular complexity index is 1110. The second-order valence-corrected chi connectivity index (χ2v) is 6.89. The highest BCUT2D eigenvalue weighted by atomic mass is 16.5. The van der Waals surface area contributed by atoms with Crippen molar-refractivity contribution in [1.29, 1.82) is 5.26 Å². The lowest BCUT2D eigenvalue weighted by molar-refractivity contribution is 0.317. The summed E-state index contributed by atoms with van der Waals surface area (Å²) in [4.78, 5) is 0. The van der Waals surface area contributed by atoms with E-state index in [9.17, 15) is 5.26 Å². The Morgan fingerprint density at radius 3 is 2.47 bits per heavy atom. The fourth-order valence-electron chi connectivity index (χ4n) is 3.53. The first-order chi connectivity index (χ1) is 14.7. The van der Waals surface area contributed by atoms with Gasteiger partial charge in [-0.25, -0.2) is 0 Å². The standard InChI is InChI=1S/C23H22N4O3/c1-3-12-29-17-10-6-15(7-11-17)21-20-19(14-4-8-16(28-2)9-5-14)18(13-24)22(25)30-23(20)27-26-21/h4-11,19H,3,12,25H2,1-2H3,(H,26,27)/t19-/m1/s1. The van der Waals surface area contributed by atoms with Crippen molar-refractivity contribution < 1.29 is 14.2 Å². The number of hydrogen-bond acceptors (Lipinski definition) is 6. The van der Waals surface area contributed by atoms with Crippen molar-refractivity contribution >= 4 is 0 Å². The first kappa shape index (κ1) is 19.4. The number of hydrogen-bond donors (Lipinski definition) is 2. The van der Waals surface area contributed by atoms with Crippen molar-refractivity contribution in [2.75, 3.05) is 13.7 Å². The number of nitriles is 1. The van der Waals surface area contributed by atoms with Gasteiger partial charge in [0.05, 0.1) is 30.9 Å². The molecule has 0 fully saturated rings. The van der Waals surface area contributed by atoms with Gasteiger partial charge in [0.15, 0.2) is 0 Å². The summed E-state index contributed by atoms with van der Waals surface area (Å²) in [6.07, 6.45) is 0.946. The smallest absolute Gasteiger partial charge is 0.244 e. The number of fused-ring (bicyclic) bond motifs is 1. The molecule has 1 aliphatic heterocycles. The average molecular weight is 402 g/mol. The highest BCUT2D eigenvalue weighted by Gasteiger charge is 2.35. The molecule has 0 bridgehead atoms. The number of aromatic amines is 1. The zero-order valence-corrected chi connectivity index (χ0v) is 16.8. The van der Waals surface area contributed by atoms with Crippen molar-refractivity contribution in [3.63, 3.8) is 0 Å². The first-order valence-electron chi connectivity index (χ1n) is 9.69. The minimum Gasteiger partial charge on any atom is -0.497 e. The molecule has 30 heavy (non-hydrogen) atoms. The summed E-state index contributed by atoms with van der Waals surface area (Å²) >= 11 is 0. The number of nitrogens with zero attached hydrogens (tertiary/aromatic N) is 2. The van der Waals surface area contributed by atoms with Crippen LogP contribution >= 0.6 is 0 Å². The molecule has 0 radical (unpaired) electrons. The molecular weight excluding hydrogens is 380 g/mol. The van der Waals surface area contributed by atoms with Gasteiger partial charge in [0.25, 0.3) is 0 Å². The Morgan fingerprint density at radius 1 is 1.13 bits per heavy atom. The van der Waals surface area contributed by atoms with Gasteiger partial charge in [-0.2, -0.15) is 5.26 Å². The van der Waals surface area contributed by atoms with Crippen LogP contribution in [0.25, 0.3) is 11.3 Å². The lowest BCUT2D eigenvalue weighted by Gasteiger charge is -2.24. The summed E-state index contributed by atoms with van der Waals surface area (Å²) in [5, 5.41) is 17.2. The molecule has 152 valence electrons. The Hall–Kier alpha value is -3.92. The van der Waals surface area contributed by atoms with Crippen molar-refractivity contribution in [3.05, 3.63) is 71.1 Å². The Morgan fingerprint density at radius 2 is 1.83 bits per heavy atom. The number of benzene rings is 2. The van der Waals surface area contributed by atoms with Crippen molar-refractivity contribution in [2.45, 2.75) is 19.3 Å². The average Bonchev–Trinajstić information content (AvgIpc) is 3.20. The van der Waals surface area contributed by atoms with Gasteiger partial charge in [-0.1, -0.05) is 19.1 Å². The van der Waals surface area contributed by atoms with Crippen LogP contribution in [0.5, 0.6) is 17.4 Å². The monoisotopic (exact) mass is 402 g/mol. The van der Waals surface area contributed by atoms with Gasteiger partial charge in [-0.05, 0) is 48.4 Å². The molecule has 3 N–H and O–H groups in total. The van der Waals surface area contributed by atoms with E-state index in [4.69, 9.17) is 19.9 Å². The van der Waals surface area contributed by atoms with Crippen LogP contribution in [0, 0.1) is 11.3 Å². The Labute approximate surface area is 174 Å². The van der Waals surface area contributed by atoms with E-state index >= 15 is 0 Å². The SMILES string of the molecule is CCCOc1ccc(-c2[nH]nc3c2[C@H](c2ccc(OC)cc2)C(C#N)=C(N)O3)cc1. The molecule has 0 amide bonds. The normalized spacial score (nSPS) is 15.2. The summed E-state index contributed by atoms with van der Waals surface area (Å²) in [7, 11) is 1.61. The third-order valence-corrected chi connectivity index (χ3v) is 5.00. The Balaban J connectivity index is 1.79. The maximum absolute atomic E-state index is 9.80. The van der Waals surface area contributed by atoms with Gasteiger partial charge >= 0.3 is 0 Å². The molecule has 1 aromatic heterocycles. The second-order valence-electron chi connectivity index (χ2n) is 6.89. The third kappa shape index (κ3) is 3.44. The minimum atomic E-state index is -0.408. The summed E-state index contributed by atoms with van der Waals surface area (Å²) < 4.78 is 16.6. The van der Waals surface area contributed by atoms with Crippen LogP contribution in [-0.4, -0.2) is 23.9 Å². The van der Waals surface area contributed by atoms with E-state index in [2.05, 4.69) is 23.2 Å². The minimum absolute atomic E-state index is 0.0622. The van der Waals surface area contributed by atoms with Crippen molar-refractivity contribution in [2.24, 2.45) is 5.73 Å². The van der Waals surface area contributed by atoms with Crippen LogP contribution in [0.4, 0.5) is 0 Å². The molecular formula is C23H22N4O3. The molecule has 2 heterocycles. The van der Waals surface area contributed by atoms with E-state index in [0.717, 1.165) is 40.3 Å². The van der Waals surface area contributed by atoms with Crippen molar-refractivity contribution in [1.82, 2.24) is 10.2 Å². The molecule has 3 aromatic rings. The molecule has 7 nitrogen and oxygen atoms in total. The van der Waals surface area contributed by atoms with Crippen LogP contribution in [0.1, 0.15) is 30.4 Å². The number of methoxy groups -OCH3 is 1. The van der Waals surface area contributed by atoms with Crippen LogP contribution in [0.2, 0.25) is 0 Å². The lowest BCUT2D eigenvalue weighted by atomic mass is 9.83. The van der Waals surface area contributed by atoms with E-state index < -0.39 is 5.92 Å². The van der Waals surface area contributed by atoms with E-state index in [0.29, 0.717) is 18.1 Å². The van der Waals surface area contributed by atoms with E-state index in [1.165, 1.54) is 0 Å². The van der Waals surface area contributed by atoms with Gasteiger partial charge in [-0.15, -0.1) is 5.10 Å². The maximum atomic E-state index is 9.80. The molecule has 4 rings (SSSR count). The van der Waals surface area contributed by atoms with Crippen LogP contribution in [-0.2, 0) is 0 Å². The third-order valence-electron chi connectivity index (χ3n) is 5.00. The molecule has 1 aliphatic rings. The quantitative estimate of drug-likeness (QED) is 0.643. The summed E-state index contributed by atoms with van der Waals surface area (Å²) in [5.74, 6) is 1.56. The highest BCUT2D eigenvalue weighted by Crippen LogP contribution is 2.45. The molecule has 0 unspecified atom stereocenters. The molecule has 0 saturated heterocycles. The summed E-state index contributed by atoms with van der Waals surface area (Å²) in [5.41, 5.74) is 9.73. The predicted octanol–water partition coefficient (Wildman–Crippen LogP) is 4.09. The molecule has 0 saturated carbocycles. The topological polar surface area (TPSA) is 106 Å². The second kappa shape index (κ2) is 8.21. The first-order valence-corrected chi connectivity index (χ1v) is 9.69. The largest absolute Gasteiger partial charge is 0.497 e. The van der Waals surface area contributed by atoms with Gasteiger partial charge in [0, 0.05) is 5.56 Å².